The van der Waals surface area contributed by atoms with E-state index in [1.807, 2.05) is 0 Å². The van der Waals surface area contributed by atoms with Gasteiger partial charge in [0.05, 0.1) is 20.2 Å². The normalized spacial score (nSPS) is 10.3. The molecule has 0 spiro atoms. The molecule has 0 fully saturated rings. The summed E-state index contributed by atoms with van der Waals surface area (Å²) >= 11 is 0. The van der Waals surface area contributed by atoms with Gasteiger partial charge in [-0.1, -0.05) is 0 Å². The standard InChI is InChI=1S/C11H12O4/c1-14-9-5-3-8(4-6-11(12)13)10(7-9)15-2/h3-7H,1-2H3,(H,12,13)/p-1/b6-4+. The van der Waals surface area contributed by atoms with Crippen LogP contribution in [0.1, 0.15) is 5.56 Å². The Balaban J connectivity index is 3.02. The first-order chi connectivity index (χ1) is 7.17. The molecule has 0 atom stereocenters. The van der Waals surface area contributed by atoms with Gasteiger partial charge >= 0.3 is 0 Å². The molecule has 1 aromatic carbocycles. The van der Waals surface area contributed by atoms with Crippen molar-refractivity contribution in [3.63, 3.8) is 0 Å². The summed E-state index contributed by atoms with van der Waals surface area (Å²) in [7, 11) is 3.05. The summed E-state index contributed by atoms with van der Waals surface area (Å²) < 4.78 is 10.1. The van der Waals surface area contributed by atoms with Crippen LogP contribution in [0.2, 0.25) is 0 Å². The molecule has 0 aliphatic heterocycles. The predicted molar refractivity (Wildman–Crippen MR) is 53.6 cm³/mol. The van der Waals surface area contributed by atoms with Crippen LogP contribution >= 0.6 is 0 Å². The van der Waals surface area contributed by atoms with E-state index in [-0.39, 0.29) is 0 Å². The van der Waals surface area contributed by atoms with E-state index in [0.717, 1.165) is 6.08 Å². The van der Waals surface area contributed by atoms with E-state index in [1.54, 1.807) is 25.3 Å². The maximum atomic E-state index is 10.2. The van der Waals surface area contributed by atoms with E-state index < -0.39 is 5.97 Å². The van der Waals surface area contributed by atoms with Crippen LogP contribution < -0.4 is 14.6 Å². The summed E-state index contributed by atoms with van der Waals surface area (Å²) in [5.41, 5.74) is 0.655. The molecule has 1 aromatic rings. The van der Waals surface area contributed by atoms with E-state index >= 15 is 0 Å². The van der Waals surface area contributed by atoms with Crippen molar-refractivity contribution in [2.45, 2.75) is 0 Å². The highest BCUT2D eigenvalue weighted by atomic mass is 16.5. The average Bonchev–Trinajstić information content (AvgIpc) is 2.25. The molecule has 0 saturated heterocycles. The van der Waals surface area contributed by atoms with Crippen LogP contribution in [0.4, 0.5) is 0 Å². The number of hydrogen-bond acceptors (Lipinski definition) is 4. The van der Waals surface area contributed by atoms with Crippen LogP contribution in [0.3, 0.4) is 0 Å². The smallest absolute Gasteiger partial charge is 0.129 e. The Kier molecular flexibility index (Phi) is 3.74. The van der Waals surface area contributed by atoms with Crippen LogP contribution in [-0.4, -0.2) is 20.2 Å². The molecule has 0 unspecified atom stereocenters. The molecule has 0 heterocycles. The van der Waals surface area contributed by atoms with E-state index in [0.29, 0.717) is 17.1 Å². The maximum absolute atomic E-state index is 10.2. The SMILES string of the molecule is COc1ccc(/C=C/C(=O)[O-])c(OC)c1. The highest BCUT2D eigenvalue weighted by Crippen LogP contribution is 2.25. The monoisotopic (exact) mass is 207 g/mol. The second-order valence-electron chi connectivity index (χ2n) is 2.76. The first kappa shape index (κ1) is 11.1. The Bertz CT molecular complexity index is 382. The van der Waals surface area contributed by atoms with Crippen molar-refractivity contribution >= 4 is 12.0 Å². The minimum atomic E-state index is -1.24. The Morgan fingerprint density at radius 2 is 2.07 bits per heavy atom. The second kappa shape index (κ2) is 5.05. The highest BCUT2D eigenvalue weighted by molar-refractivity contribution is 5.84. The van der Waals surface area contributed by atoms with Crippen molar-refractivity contribution in [1.82, 2.24) is 0 Å². The quantitative estimate of drug-likeness (QED) is 0.673. The van der Waals surface area contributed by atoms with E-state index in [1.165, 1.54) is 13.2 Å². The Morgan fingerprint density at radius 3 is 2.60 bits per heavy atom. The number of carboxylic acid groups (broad SMARTS) is 1. The first-order valence-corrected chi connectivity index (χ1v) is 4.28. The molecule has 0 saturated carbocycles. The molecule has 0 radical (unpaired) electrons. The summed E-state index contributed by atoms with van der Waals surface area (Å²) in [5.74, 6) is -0.0443. The van der Waals surface area contributed by atoms with Gasteiger partial charge in [-0.2, -0.15) is 0 Å². The zero-order chi connectivity index (χ0) is 11.3. The average molecular weight is 207 g/mol. The van der Waals surface area contributed by atoms with Crippen LogP contribution in [0.25, 0.3) is 6.08 Å². The van der Waals surface area contributed by atoms with Gasteiger partial charge in [0.1, 0.15) is 11.5 Å². The zero-order valence-electron chi connectivity index (χ0n) is 8.52. The van der Waals surface area contributed by atoms with Crippen LogP contribution in [0.15, 0.2) is 24.3 Å². The molecule has 4 nitrogen and oxygen atoms in total. The fraction of sp³-hybridized carbons (Fsp3) is 0.182. The fourth-order valence-corrected chi connectivity index (χ4v) is 1.11. The van der Waals surface area contributed by atoms with Gasteiger partial charge in [0.15, 0.2) is 0 Å². The number of methoxy groups -OCH3 is 2. The topological polar surface area (TPSA) is 58.6 Å². The summed E-state index contributed by atoms with van der Waals surface area (Å²) in [5, 5.41) is 10.2. The third-order valence-corrected chi connectivity index (χ3v) is 1.84. The summed E-state index contributed by atoms with van der Waals surface area (Å²) in [6, 6.07) is 5.10. The lowest BCUT2D eigenvalue weighted by Crippen LogP contribution is -2.18. The maximum Gasteiger partial charge on any atom is 0.129 e. The fourth-order valence-electron chi connectivity index (χ4n) is 1.11. The van der Waals surface area contributed by atoms with Crippen molar-refractivity contribution in [2.24, 2.45) is 0 Å². The lowest BCUT2D eigenvalue weighted by molar-refractivity contribution is -0.297. The molecule has 80 valence electrons. The Morgan fingerprint density at radius 1 is 1.33 bits per heavy atom. The molecular weight excluding hydrogens is 196 g/mol. The van der Waals surface area contributed by atoms with Gasteiger partial charge < -0.3 is 19.4 Å². The lowest BCUT2D eigenvalue weighted by Gasteiger charge is -2.07. The van der Waals surface area contributed by atoms with Crippen LogP contribution in [0.5, 0.6) is 11.5 Å². The number of rotatable bonds is 4. The number of carboxylic acids is 1. The van der Waals surface area contributed by atoms with E-state index in [9.17, 15) is 9.90 Å². The predicted octanol–water partition coefficient (Wildman–Crippen LogP) is 0.467. The molecule has 0 bridgehead atoms. The van der Waals surface area contributed by atoms with Crippen molar-refractivity contribution in [3.8, 4) is 11.5 Å². The largest absolute Gasteiger partial charge is 0.545 e. The summed E-state index contributed by atoms with van der Waals surface area (Å²) in [4.78, 5) is 10.2. The van der Waals surface area contributed by atoms with Crippen molar-refractivity contribution < 1.29 is 19.4 Å². The molecule has 4 heteroatoms. The van der Waals surface area contributed by atoms with Crippen molar-refractivity contribution in [1.29, 1.82) is 0 Å². The highest BCUT2D eigenvalue weighted by Gasteiger charge is 2.01. The number of aliphatic carboxylic acids is 1. The molecule has 1 rings (SSSR count). The van der Waals surface area contributed by atoms with Gasteiger partial charge in [-0.05, 0) is 24.3 Å². The van der Waals surface area contributed by atoms with E-state index in [4.69, 9.17) is 9.47 Å². The Hall–Kier alpha value is -1.97. The molecule has 0 N–H and O–H groups in total. The minimum Gasteiger partial charge on any atom is -0.545 e. The molecular formula is C11H11O4-. The summed E-state index contributed by atoms with van der Waals surface area (Å²) in [6.45, 7) is 0. The molecule has 0 aliphatic rings. The first-order valence-electron chi connectivity index (χ1n) is 4.28. The van der Waals surface area contributed by atoms with E-state index in [2.05, 4.69) is 0 Å². The second-order valence-corrected chi connectivity index (χ2v) is 2.76. The Labute approximate surface area is 87.7 Å². The van der Waals surface area contributed by atoms with Gasteiger partial charge in [0.25, 0.3) is 0 Å². The van der Waals surface area contributed by atoms with Gasteiger partial charge in [0.2, 0.25) is 0 Å². The molecule has 15 heavy (non-hydrogen) atoms. The third kappa shape index (κ3) is 3.02. The van der Waals surface area contributed by atoms with Gasteiger partial charge in [-0.15, -0.1) is 0 Å². The number of hydrogen-bond donors (Lipinski definition) is 0. The van der Waals surface area contributed by atoms with Crippen molar-refractivity contribution in [3.05, 3.63) is 29.8 Å². The molecule has 0 amide bonds. The van der Waals surface area contributed by atoms with Crippen LogP contribution in [-0.2, 0) is 4.79 Å². The van der Waals surface area contributed by atoms with Gasteiger partial charge in [-0.25, -0.2) is 0 Å². The zero-order valence-corrected chi connectivity index (χ0v) is 8.52. The molecule has 0 aromatic heterocycles. The summed E-state index contributed by atoms with van der Waals surface area (Å²) in [6.07, 6.45) is 2.36. The number of ether oxygens (including phenoxy) is 2. The molecule has 0 aliphatic carbocycles. The number of carbonyl (C=O) groups excluding carboxylic acids is 1. The third-order valence-electron chi connectivity index (χ3n) is 1.84. The number of benzene rings is 1. The van der Waals surface area contributed by atoms with Crippen LogP contribution in [0, 0.1) is 0 Å². The van der Waals surface area contributed by atoms with Gasteiger partial charge in [0, 0.05) is 11.6 Å². The number of carbonyl (C=O) groups is 1. The van der Waals surface area contributed by atoms with Gasteiger partial charge in [-0.3, -0.25) is 0 Å². The van der Waals surface area contributed by atoms with Crippen molar-refractivity contribution in [2.75, 3.05) is 14.2 Å². The lowest BCUT2D eigenvalue weighted by atomic mass is 10.2. The minimum absolute atomic E-state index is 0.548.